The van der Waals surface area contributed by atoms with Crippen molar-refractivity contribution in [2.75, 3.05) is 11.9 Å². The summed E-state index contributed by atoms with van der Waals surface area (Å²) in [4.78, 5) is 13.9. The van der Waals surface area contributed by atoms with E-state index in [4.69, 9.17) is 16.3 Å². The molecule has 1 amide bonds. The summed E-state index contributed by atoms with van der Waals surface area (Å²) in [6.07, 6.45) is 3.41. The van der Waals surface area contributed by atoms with Gasteiger partial charge >= 0.3 is 0 Å². The largest absolute Gasteiger partial charge is 0.484 e. The Kier molecular flexibility index (Phi) is 7.07. The van der Waals surface area contributed by atoms with Crippen molar-refractivity contribution in [3.8, 4) is 11.4 Å². The van der Waals surface area contributed by atoms with E-state index in [2.05, 4.69) is 50.5 Å². The number of halogens is 2. The van der Waals surface area contributed by atoms with Gasteiger partial charge in [-0.3, -0.25) is 4.79 Å². The Hall–Kier alpha value is -2.90. The predicted molar refractivity (Wildman–Crippen MR) is 131 cm³/mol. The highest BCUT2D eigenvalue weighted by Gasteiger charge is 2.12. The maximum absolute atomic E-state index is 12.3. The number of rotatable bonds is 8. The summed E-state index contributed by atoms with van der Waals surface area (Å²) in [6.45, 7) is 2.05. The highest BCUT2D eigenvalue weighted by molar-refractivity contribution is 9.10. The summed E-state index contributed by atoms with van der Waals surface area (Å²) in [5.41, 5.74) is 3.91. The lowest BCUT2D eigenvalue weighted by molar-refractivity contribution is -0.118. The lowest BCUT2D eigenvalue weighted by Gasteiger charge is -2.08. The van der Waals surface area contributed by atoms with Gasteiger partial charge in [0, 0.05) is 4.47 Å². The molecular weight excluding hydrogens is 492 g/mol. The Bertz CT molecular complexity index is 1220. The molecule has 8 heteroatoms. The Morgan fingerprint density at radius 3 is 2.44 bits per heavy atom. The maximum atomic E-state index is 12.3. The molecule has 0 aliphatic carbocycles. The SMILES string of the molecule is CCCCc1ccc(-n2nc3cc(Cl)c(NC(=O)COc4ccc(Br)cc4)cc3n2)cc1. The summed E-state index contributed by atoms with van der Waals surface area (Å²) < 4.78 is 6.45. The van der Waals surface area contributed by atoms with Gasteiger partial charge < -0.3 is 10.1 Å². The number of fused-ring (bicyclic) bond motifs is 1. The number of aromatic nitrogens is 3. The first-order chi connectivity index (χ1) is 15.5. The maximum Gasteiger partial charge on any atom is 0.262 e. The first-order valence-electron chi connectivity index (χ1n) is 10.4. The van der Waals surface area contributed by atoms with E-state index in [1.54, 1.807) is 29.1 Å². The number of aryl methyl sites for hydroxylation is 1. The summed E-state index contributed by atoms with van der Waals surface area (Å²) in [7, 11) is 0. The van der Waals surface area contributed by atoms with E-state index in [-0.39, 0.29) is 12.5 Å². The van der Waals surface area contributed by atoms with Crippen LogP contribution in [-0.4, -0.2) is 27.5 Å². The molecule has 0 aliphatic heterocycles. The van der Waals surface area contributed by atoms with Crippen LogP contribution in [0.1, 0.15) is 25.3 Å². The molecule has 1 heterocycles. The third-order valence-corrected chi connectivity index (χ3v) is 5.75. The molecule has 0 bridgehead atoms. The molecule has 164 valence electrons. The van der Waals surface area contributed by atoms with E-state index in [1.165, 1.54) is 18.4 Å². The van der Waals surface area contributed by atoms with E-state index in [9.17, 15) is 4.79 Å². The molecule has 0 spiro atoms. The number of anilines is 1. The third-order valence-electron chi connectivity index (χ3n) is 4.91. The molecule has 4 aromatic rings. The van der Waals surface area contributed by atoms with Crippen molar-refractivity contribution >= 4 is 50.2 Å². The number of nitrogens with zero attached hydrogens (tertiary/aromatic N) is 3. The van der Waals surface area contributed by atoms with Gasteiger partial charge in [-0.05, 0) is 66.9 Å². The van der Waals surface area contributed by atoms with E-state index >= 15 is 0 Å². The fourth-order valence-electron chi connectivity index (χ4n) is 3.19. The van der Waals surface area contributed by atoms with Crippen molar-refractivity contribution in [3.05, 3.63) is 75.7 Å². The molecule has 1 N–H and O–H groups in total. The third kappa shape index (κ3) is 5.47. The molecule has 32 heavy (non-hydrogen) atoms. The summed E-state index contributed by atoms with van der Waals surface area (Å²) in [6, 6.07) is 18.9. The van der Waals surface area contributed by atoms with Crippen molar-refractivity contribution < 1.29 is 9.53 Å². The van der Waals surface area contributed by atoms with Crippen LogP contribution in [0.3, 0.4) is 0 Å². The minimum Gasteiger partial charge on any atom is -0.484 e. The second kappa shape index (κ2) is 10.1. The van der Waals surface area contributed by atoms with E-state index in [1.807, 2.05) is 24.3 Å². The topological polar surface area (TPSA) is 69.0 Å². The lowest BCUT2D eigenvalue weighted by atomic mass is 10.1. The Balaban J connectivity index is 1.46. The minimum atomic E-state index is -0.316. The van der Waals surface area contributed by atoms with Crippen LogP contribution >= 0.6 is 27.5 Å². The number of nitrogens with one attached hydrogen (secondary N) is 1. The van der Waals surface area contributed by atoms with Gasteiger partial charge in [0.15, 0.2) is 6.61 Å². The zero-order chi connectivity index (χ0) is 22.5. The molecular formula is C24H22BrClN4O2. The monoisotopic (exact) mass is 512 g/mol. The summed E-state index contributed by atoms with van der Waals surface area (Å²) in [5.74, 6) is 0.290. The van der Waals surface area contributed by atoms with Crippen LogP contribution in [-0.2, 0) is 11.2 Å². The second-order valence-corrected chi connectivity index (χ2v) is 8.69. The fraction of sp³-hybridized carbons (Fsp3) is 0.208. The molecule has 1 aromatic heterocycles. The smallest absolute Gasteiger partial charge is 0.262 e. The van der Waals surface area contributed by atoms with E-state index in [0.717, 1.165) is 16.6 Å². The normalized spacial score (nSPS) is 11.0. The molecule has 0 saturated heterocycles. The van der Waals surface area contributed by atoms with Gasteiger partial charge in [0.1, 0.15) is 16.8 Å². The predicted octanol–water partition coefficient (Wildman–Crippen LogP) is 6.20. The average Bonchev–Trinajstić information content (AvgIpc) is 3.20. The number of ether oxygens (including phenoxy) is 1. The van der Waals surface area contributed by atoms with Crippen molar-refractivity contribution in [1.82, 2.24) is 15.0 Å². The van der Waals surface area contributed by atoms with Crippen molar-refractivity contribution in [1.29, 1.82) is 0 Å². The van der Waals surface area contributed by atoms with Gasteiger partial charge in [-0.15, -0.1) is 10.2 Å². The molecule has 3 aromatic carbocycles. The number of carbonyl (C=O) groups excluding carboxylic acids is 1. The Morgan fingerprint density at radius 1 is 1.06 bits per heavy atom. The molecule has 0 aliphatic rings. The van der Waals surface area contributed by atoms with Gasteiger partial charge in [-0.25, -0.2) is 0 Å². The van der Waals surface area contributed by atoms with Crippen molar-refractivity contribution in [2.45, 2.75) is 26.2 Å². The number of hydrogen-bond donors (Lipinski definition) is 1. The zero-order valence-corrected chi connectivity index (χ0v) is 19.9. The Morgan fingerprint density at radius 2 is 1.75 bits per heavy atom. The highest BCUT2D eigenvalue weighted by atomic mass is 79.9. The molecule has 0 atom stereocenters. The van der Waals surface area contributed by atoms with E-state index in [0.29, 0.717) is 27.5 Å². The molecule has 6 nitrogen and oxygen atoms in total. The molecule has 0 radical (unpaired) electrons. The minimum absolute atomic E-state index is 0.132. The van der Waals surface area contributed by atoms with Gasteiger partial charge in [-0.1, -0.05) is 53.0 Å². The second-order valence-electron chi connectivity index (χ2n) is 7.37. The van der Waals surface area contributed by atoms with Crippen molar-refractivity contribution in [2.24, 2.45) is 0 Å². The van der Waals surface area contributed by atoms with Gasteiger partial charge in [0.05, 0.1) is 16.4 Å². The van der Waals surface area contributed by atoms with Gasteiger partial charge in [0.2, 0.25) is 0 Å². The molecule has 0 saturated carbocycles. The Labute approximate surface area is 199 Å². The lowest BCUT2D eigenvalue weighted by Crippen LogP contribution is -2.20. The van der Waals surface area contributed by atoms with Gasteiger partial charge in [0.25, 0.3) is 5.91 Å². The number of amides is 1. The summed E-state index contributed by atoms with van der Waals surface area (Å²) in [5, 5.41) is 12.2. The van der Waals surface area contributed by atoms with Crippen LogP contribution in [0.25, 0.3) is 16.7 Å². The van der Waals surface area contributed by atoms with Crippen LogP contribution < -0.4 is 10.1 Å². The highest BCUT2D eigenvalue weighted by Crippen LogP contribution is 2.27. The quantitative estimate of drug-likeness (QED) is 0.305. The van der Waals surface area contributed by atoms with Crippen LogP contribution in [0.5, 0.6) is 5.75 Å². The average molecular weight is 514 g/mol. The fourth-order valence-corrected chi connectivity index (χ4v) is 3.66. The van der Waals surface area contributed by atoms with Gasteiger partial charge in [-0.2, -0.15) is 4.80 Å². The molecule has 0 unspecified atom stereocenters. The standard InChI is InChI=1S/C24H22BrClN4O2/c1-2-3-4-16-5-9-18(10-6-16)30-28-22-13-20(26)21(14-23(22)29-30)27-24(31)15-32-19-11-7-17(25)8-12-19/h5-14H,2-4,15H2,1H3,(H,27,31). The molecule has 4 rings (SSSR count). The van der Waals surface area contributed by atoms with E-state index < -0.39 is 0 Å². The number of carbonyl (C=O) groups is 1. The first kappa shape index (κ1) is 22.3. The van der Waals surface area contributed by atoms with Crippen LogP contribution in [0.4, 0.5) is 5.69 Å². The number of hydrogen-bond acceptors (Lipinski definition) is 4. The summed E-state index contributed by atoms with van der Waals surface area (Å²) >= 11 is 9.73. The van der Waals surface area contributed by atoms with Crippen molar-refractivity contribution in [3.63, 3.8) is 0 Å². The van der Waals surface area contributed by atoms with Crippen LogP contribution in [0, 0.1) is 0 Å². The zero-order valence-electron chi connectivity index (χ0n) is 17.5. The molecule has 0 fully saturated rings. The van der Waals surface area contributed by atoms with Crippen LogP contribution in [0.2, 0.25) is 5.02 Å². The van der Waals surface area contributed by atoms with Crippen LogP contribution in [0.15, 0.2) is 65.1 Å². The number of benzene rings is 3. The first-order valence-corrected chi connectivity index (χ1v) is 11.5. The number of unbranched alkanes of at least 4 members (excludes halogenated alkanes) is 1.